The number of hydrogen-bond acceptors (Lipinski definition) is 3. The number of carbonyl (C=O) groups excluding carboxylic acids is 2. The number of anilines is 1. The van der Waals surface area contributed by atoms with Gasteiger partial charge in [0.15, 0.2) is 5.78 Å². The van der Waals surface area contributed by atoms with Crippen LogP contribution < -0.4 is 5.32 Å². The zero-order chi connectivity index (χ0) is 19.4. The Morgan fingerprint density at radius 1 is 0.852 bits per heavy atom. The lowest BCUT2D eigenvalue weighted by atomic mass is 10.0. The van der Waals surface area contributed by atoms with Gasteiger partial charge < -0.3 is 5.32 Å². The summed E-state index contributed by atoms with van der Waals surface area (Å²) in [5.41, 5.74) is 4.91. The molecule has 134 valence electrons. The molecule has 0 aliphatic heterocycles. The molecule has 0 aliphatic rings. The van der Waals surface area contributed by atoms with E-state index in [4.69, 9.17) is 0 Å². The molecule has 27 heavy (non-hydrogen) atoms. The molecule has 1 amide bonds. The van der Waals surface area contributed by atoms with Crippen molar-refractivity contribution in [2.24, 2.45) is 0 Å². The highest BCUT2D eigenvalue weighted by molar-refractivity contribution is 6.04. The number of allylic oxidation sites excluding steroid dienone is 1. The van der Waals surface area contributed by atoms with Crippen LogP contribution in [0, 0.1) is 0 Å². The van der Waals surface area contributed by atoms with E-state index in [1.165, 1.54) is 6.92 Å². The number of pyridine rings is 1. The molecule has 4 nitrogen and oxygen atoms in total. The number of aromatic nitrogens is 1. The van der Waals surface area contributed by atoms with E-state index in [0.29, 0.717) is 16.9 Å². The molecule has 1 heterocycles. The minimum absolute atomic E-state index is 0.0117. The van der Waals surface area contributed by atoms with Crippen LogP contribution >= 0.6 is 0 Å². The summed E-state index contributed by atoms with van der Waals surface area (Å²) in [6.07, 6.45) is 1.63. The zero-order valence-corrected chi connectivity index (χ0v) is 15.3. The Balaban J connectivity index is 1.81. The first-order valence-electron chi connectivity index (χ1n) is 8.59. The average Bonchev–Trinajstić information content (AvgIpc) is 2.68. The third-order valence-corrected chi connectivity index (χ3v) is 4.24. The first-order valence-corrected chi connectivity index (χ1v) is 8.59. The summed E-state index contributed by atoms with van der Waals surface area (Å²) in [6.45, 7) is 7.35. The summed E-state index contributed by atoms with van der Waals surface area (Å²) in [5, 5.41) is 2.82. The van der Waals surface area contributed by atoms with Crippen molar-refractivity contribution in [3.05, 3.63) is 90.1 Å². The molecule has 2 aromatic carbocycles. The maximum atomic E-state index is 12.5. The Bertz CT molecular complexity index is 1020. The van der Waals surface area contributed by atoms with Gasteiger partial charge >= 0.3 is 0 Å². The van der Waals surface area contributed by atoms with E-state index in [2.05, 4.69) is 16.9 Å². The fraction of sp³-hybridized carbons (Fsp3) is 0.0870. The Hall–Kier alpha value is -3.53. The van der Waals surface area contributed by atoms with Crippen molar-refractivity contribution in [1.82, 2.24) is 4.98 Å². The van der Waals surface area contributed by atoms with E-state index in [1.807, 2.05) is 43.3 Å². The van der Waals surface area contributed by atoms with Gasteiger partial charge in [0.2, 0.25) is 0 Å². The third kappa shape index (κ3) is 4.36. The topological polar surface area (TPSA) is 59.1 Å². The summed E-state index contributed by atoms with van der Waals surface area (Å²) in [5.74, 6) is 0.234. The van der Waals surface area contributed by atoms with Crippen LogP contribution in [0.2, 0.25) is 0 Å². The lowest BCUT2D eigenvalue weighted by Gasteiger charge is -2.08. The van der Waals surface area contributed by atoms with Crippen molar-refractivity contribution >= 4 is 23.1 Å². The fourth-order valence-corrected chi connectivity index (χ4v) is 2.69. The van der Waals surface area contributed by atoms with Crippen LogP contribution in [0.25, 0.3) is 16.7 Å². The van der Waals surface area contributed by atoms with E-state index >= 15 is 0 Å². The normalized spacial score (nSPS) is 10.3. The molecule has 0 saturated heterocycles. The average molecular weight is 356 g/mol. The summed E-state index contributed by atoms with van der Waals surface area (Å²) in [6, 6.07) is 18.3. The minimum Gasteiger partial charge on any atom is -0.307 e. The monoisotopic (exact) mass is 356 g/mol. The van der Waals surface area contributed by atoms with Crippen molar-refractivity contribution < 1.29 is 9.59 Å². The van der Waals surface area contributed by atoms with E-state index in [9.17, 15) is 9.59 Å². The predicted molar refractivity (Wildman–Crippen MR) is 109 cm³/mol. The van der Waals surface area contributed by atoms with E-state index in [-0.39, 0.29) is 11.7 Å². The highest BCUT2D eigenvalue weighted by Gasteiger charge is 2.09. The number of benzene rings is 2. The number of hydrogen-bond donors (Lipinski definition) is 1. The summed E-state index contributed by atoms with van der Waals surface area (Å²) in [7, 11) is 0. The molecular formula is C23H20N2O2. The van der Waals surface area contributed by atoms with E-state index < -0.39 is 0 Å². The van der Waals surface area contributed by atoms with Gasteiger partial charge in [0, 0.05) is 17.3 Å². The van der Waals surface area contributed by atoms with Crippen LogP contribution in [-0.4, -0.2) is 16.7 Å². The molecule has 0 fully saturated rings. The van der Waals surface area contributed by atoms with Gasteiger partial charge in [-0.1, -0.05) is 42.5 Å². The molecule has 0 radical (unpaired) electrons. The Morgan fingerprint density at radius 3 is 2.19 bits per heavy atom. The molecule has 0 atom stereocenters. The van der Waals surface area contributed by atoms with Gasteiger partial charge in [0.1, 0.15) is 5.82 Å². The maximum absolute atomic E-state index is 12.5. The van der Waals surface area contributed by atoms with Crippen molar-refractivity contribution in [3.63, 3.8) is 0 Å². The Morgan fingerprint density at radius 2 is 1.52 bits per heavy atom. The van der Waals surface area contributed by atoms with Gasteiger partial charge in [-0.25, -0.2) is 4.98 Å². The van der Waals surface area contributed by atoms with E-state index in [0.717, 1.165) is 22.3 Å². The molecule has 1 N–H and O–H groups in total. The van der Waals surface area contributed by atoms with Crippen molar-refractivity contribution in [3.8, 4) is 11.1 Å². The van der Waals surface area contributed by atoms with Gasteiger partial charge in [-0.05, 0) is 60.9 Å². The number of Topliss-reactive ketones (excluding diaryl/α,β-unsaturated/α-hetero) is 1. The van der Waals surface area contributed by atoms with Gasteiger partial charge in [-0.2, -0.15) is 0 Å². The number of nitrogens with zero attached hydrogens (tertiary/aromatic N) is 1. The summed E-state index contributed by atoms with van der Waals surface area (Å²) < 4.78 is 0. The van der Waals surface area contributed by atoms with Gasteiger partial charge in [-0.15, -0.1) is 0 Å². The molecule has 0 saturated carbocycles. The molecule has 0 aliphatic carbocycles. The van der Waals surface area contributed by atoms with E-state index in [1.54, 1.807) is 30.5 Å². The van der Waals surface area contributed by atoms with Crippen LogP contribution in [0.15, 0.2) is 73.4 Å². The van der Waals surface area contributed by atoms with Crippen LogP contribution in [0.3, 0.4) is 0 Å². The Labute approximate surface area is 158 Å². The van der Waals surface area contributed by atoms with Gasteiger partial charge in [0.05, 0.1) is 0 Å². The van der Waals surface area contributed by atoms with Gasteiger partial charge in [-0.3, -0.25) is 9.59 Å². The van der Waals surface area contributed by atoms with Crippen molar-refractivity contribution in [1.29, 1.82) is 0 Å². The smallest absolute Gasteiger partial charge is 0.256 e. The standard InChI is InChI=1S/C23H20N2O2/c1-15(2)17-7-9-18(10-8-17)23(27)25-22-14-21(11-12-24-22)20-6-4-5-19(13-20)16(3)26/h4-14H,1H2,2-3H3,(H,24,25,27). The summed E-state index contributed by atoms with van der Waals surface area (Å²) >= 11 is 0. The SMILES string of the molecule is C=C(C)c1ccc(C(=O)Nc2cc(-c3cccc(C(C)=O)c3)ccn2)cc1. The maximum Gasteiger partial charge on any atom is 0.256 e. The zero-order valence-electron chi connectivity index (χ0n) is 15.3. The number of nitrogens with one attached hydrogen (secondary N) is 1. The quantitative estimate of drug-likeness (QED) is 0.636. The second-order valence-electron chi connectivity index (χ2n) is 6.38. The van der Waals surface area contributed by atoms with Crippen molar-refractivity contribution in [2.75, 3.05) is 5.32 Å². The lowest BCUT2D eigenvalue weighted by Crippen LogP contribution is -2.12. The molecule has 0 bridgehead atoms. The van der Waals surface area contributed by atoms with Crippen LogP contribution in [0.4, 0.5) is 5.82 Å². The lowest BCUT2D eigenvalue weighted by molar-refractivity contribution is 0.101. The molecule has 4 heteroatoms. The van der Waals surface area contributed by atoms with Crippen LogP contribution in [0.1, 0.15) is 40.1 Å². The molecular weight excluding hydrogens is 336 g/mol. The number of amides is 1. The van der Waals surface area contributed by atoms with Crippen LogP contribution in [0.5, 0.6) is 0 Å². The van der Waals surface area contributed by atoms with Crippen molar-refractivity contribution in [2.45, 2.75) is 13.8 Å². The van der Waals surface area contributed by atoms with Crippen LogP contribution in [-0.2, 0) is 0 Å². The molecule has 3 rings (SSSR count). The first-order chi connectivity index (χ1) is 12.9. The summed E-state index contributed by atoms with van der Waals surface area (Å²) in [4.78, 5) is 28.3. The molecule has 0 spiro atoms. The third-order valence-electron chi connectivity index (χ3n) is 4.24. The highest BCUT2D eigenvalue weighted by Crippen LogP contribution is 2.23. The molecule has 3 aromatic rings. The number of rotatable bonds is 5. The van der Waals surface area contributed by atoms with Gasteiger partial charge in [0.25, 0.3) is 5.91 Å². The number of carbonyl (C=O) groups is 2. The largest absolute Gasteiger partial charge is 0.307 e. The molecule has 1 aromatic heterocycles. The fourth-order valence-electron chi connectivity index (χ4n) is 2.69. The number of ketones is 1. The second-order valence-corrected chi connectivity index (χ2v) is 6.38. The Kier molecular flexibility index (Phi) is 5.27. The highest BCUT2D eigenvalue weighted by atomic mass is 16.1. The first kappa shape index (κ1) is 18.3. The second kappa shape index (κ2) is 7.79. The predicted octanol–water partition coefficient (Wildman–Crippen LogP) is 5.24. The molecule has 0 unspecified atom stereocenters. The minimum atomic E-state index is -0.231.